The van der Waals surface area contributed by atoms with Gasteiger partial charge in [0.1, 0.15) is 11.4 Å². The molecule has 0 atom stereocenters. The fourth-order valence-electron chi connectivity index (χ4n) is 4.28. The van der Waals surface area contributed by atoms with Crippen LogP contribution in [0.5, 0.6) is 0 Å². The van der Waals surface area contributed by atoms with Crippen molar-refractivity contribution in [1.29, 1.82) is 0 Å². The average molecular weight is 514 g/mol. The van der Waals surface area contributed by atoms with E-state index in [1.165, 1.54) is 40.4 Å². The largest absolute Gasteiger partial charge is 0.478 e. The first kappa shape index (κ1) is 23.7. The average Bonchev–Trinajstić information content (AvgIpc) is 3.58. The third-order valence-electron chi connectivity index (χ3n) is 6.58. The Kier molecular flexibility index (Phi) is 5.83. The number of benzene rings is 1. The minimum Gasteiger partial charge on any atom is -0.478 e. The minimum atomic E-state index is -1.13. The van der Waals surface area contributed by atoms with E-state index in [4.69, 9.17) is 16.7 Å². The Labute approximate surface area is 209 Å². The van der Waals surface area contributed by atoms with Crippen LogP contribution < -0.4 is 5.32 Å². The van der Waals surface area contributed by atoms with Gasteiger partial charge in [0.15, 0.2) is 11.5 Å². The van der Waals surface area contributed by atoms with Crippen LogP contribution in [0.3, 0.4) is 0 Å². The van der Waals surface area contributed by atoms with Gasteiger partial charge in [-0.05, 0) is 31.0 Å². The Balaban J connectivity index is 1.33. The number of carboxylic acids is 1. The number of fused-ring (bicyclic) bond motifs is 1. The van der Waals surface area contributed by atoms with Crippen molar-refractivity contribution in [2.45, 2.75) is 31.3 Å². The van der Waals surface area contributed by atoms with Crippen LogP contribution in [0.1, 0.15) is 50.8 Å². The number of carbonyl (C=O) groups excluding carboxylic acids is 2. The van der Waals surface area contributed by atoms with Crippen LogP contribution in [0.15, 0.2) is 30.6 Å². The standard InChI is InChI=1S/C23H21ClFN7O4/c1-31(23(5-6-23)21-26-9-12(10-27-21)20(34)35)19(33)18-14-11-32(7-4-17(14)29-30-18)22(36)28-13-2-3-16(25)15(24)8-13/h2-3,8-10H,4-7,11H2,1H3,(H,28,36)(H,29,30)(H,34,35). The summed E-state index contributed by atoms with van der Waals surface area (Å²) in [4.78, 5) is 48.8. The van der Waals surface area contributed by atoms with E-state index in [9.17, 15) is 18.8 Å². The van der Waals surface area contributed by atoms with E-state index in [1.54, 1.807) is 7.05 Å². The van der Waals surface area contributed by atoms with Crippen LogP contribution in [0.25, 0.3) is 0 Å². The number of carbonyl (C=O) groups is 3. The van der Waals surface area contributed by atoms with Crippen molar-refractivity contribution in [2.75, 3.05) is 18.9 Å². The summed E-state index contributed by atoms with van der Waals surface area (Å²) in [7, 11) is 1.64. The Bertz CT molecular complexity index is 1370. The fraction of sp³-hybridized carbons (Fsp3) is 0.304. The molecule has 3 N–H and O–H groups in total. The number of aromatic nitrogens is 4. The molecule has 0 bridgehead atoms. The van der Waals surface area contributed by atoms with E-state index >= 15 is 0 Å². The van der Waals surface area contributed by atoms with Gasteiger partial charge in [0, 0.05) is 49.4 Å². The quantitative estimate of drug-likeness (QED) is 0.475. The number of H-pyrrole nitrogens is 1. The van der Waals surface area contributed by atoms with Crippen molar-refractivity contribution in [1.82, 2.24) is 30.0 Å². The van der Waals surface area contributed by atoms with Crippen LogP contribution in [-0.4, -0.2) is 66.6 Å². The lowest BCUT2D eigenvalue weighted by Crippen LogP contribution is -2.41. The number of anilines is 1. The van der Waals surface area contributed by atoms with Gasteiger partial charge in [-0.1, -0.05) is 11.6 Å². The van der Waals surface area contributed by atoms with Crippen molar-refractivity contribution >= 4 is 35.2 Å². The predicted octanol–water partition coefficient (Wildman–Crippen LogP) is 3.04. The summed E-state index contributed by atoms with van der Waals surface area (Å²) in [5, 5.41) is 18.8. The summed E-state index contributed by atoms with van der Waals surface area (Å²) in [6, 6.07) is 3.49. The second-order valence-electron chi connectivity index (χ2n) is 8.76. The summed E-state index contributed by atoms with van der Waals surface area (Å²) in [5.74, 6) is -1.70. The van der Waals surface area contributed by atoms with Gasteiger partial charge in [-0.25, -0.2) is 23.9 Å². The van der Waals surface area contributed by atoms with E-state index in [2.05, 4.69) is 25.5 Å². The summed E-state index contributed by atoms with van der Waals surface area (Å²) in [6.45, 7) is 0.547. The lowest BCUT2D eigenvalue weighted by atomic mass is 10.0. The fourth-order valence-corrected chi connectivity index (χ4v) is 4.46. The van der Waals surface area contributed by atoms with E-state index < -0.39 is 23.4 Å². The highest BCUT2D eigenvalue weighted by Gasteiger charge is 2.53. The number of halogens is 2. The van der Waals surface area contributed by atoms with Gasteiger partial charge in [-0.15, -0.1) is 0 Å². The summed E-state index contributed by atoms with van der Waals surface area (Å²) in [5.41, 5.74) is 1.16. The first-order chi connectivity index (χ1) is 17.2. The Morgan fingerprint density at radius 1 is 1.25 bits per heavy atom. The van der Waals surface area contributed by atoms with E-state index in [0.29, 0.717) is 42.9 Å². The Morgan fingerprint density at radius 2 is 1.97 bits per heavy atom. The molecular formula is C23H21ClFN7O4. The van der Waals surface area contributed by atoms with Gasteiger partial charge in [0.25, 0.3) is 5.91 Å². The molecule has 3 amide bonds. The molecule has 1 aliphatic carbocycles. The third kappa shape index (κ3) is 4.13. The molecule has 3 aromatic rings. The molecule has 0 radical (unpaired) electrons. The molecule has 2 aliphatic rings. The highest BCUT2D eigenvalue weighted by atomic mass is 35.5. The van der Waals surface area contributed by atoms with Gasteiger partial charge in [0.2, 0.25) is 0 Å². The van der Waals surface area contributed by atoms with E-state index in [1.807, 2.05) is 0 Å². The first-order valence-electron chi connectivity index (χ1n) is 11.1. The predicted molar refractivity (Wildman–Crippen MR) is 125 cm³/mol. The molecule has 36 heavy (non-hydrogen) atoms. The van der Waals surface area contributed by atoms with Gasteiger partial charge in [0.05, 0.1) is 17.1 Å². The number of carboxylic acid groups (broad SMARTS) is 1. The molecule has 13 heteroatoms. The molecule has 0 saturated heterocycles. The first-order valence-corrected chi connectivity index (χ1v) is 11.5. The molecule has 5 rings (SSSR count). The molecule has 0 unspecified atom stereocenters. The number of hydrogen-bond acceptors (Lipinski definition) is 6. The number of nitrogens with zero attached hydrogens (tertiary/aromatic N) is 5. The van der Waals surface area contributed by atoms with Crippen LogP contribution >= 0.6 is 11.6 Å². The number of rotatable bonds is 5. The third-order valence-corrected chi connectivity index (χ3v) is 6.87. The second kappa shape index (κ2) is 8.86. The van der Waals surface area contributed by atoms with Gasteiger partial charge < -0.3 is 20.2 Å². The van der Waals surface area contributed by atoms with E-state index in [-0.39, 0.29) is 28.7 Å². The summed E-state index contributed by atoms with van der Waals surface area (Å²) >= 11 is 5.80. The van der Waals surface area contributed by atoms with Crippen molar-refractivity contribution < 1.29 is 23.9 Å². The van der Waals surface area contributed by atoms with Crippen molar-refractivity contribution in [3.63, 3.8) is 0 Å². The summed E-state index contributed by atoms with van der Waals surface area (Å²) < 4.78 is 13.4. The SMILES string of the molecule is CN(C(=O)c1n[nH]c2c1CN(C(=O)Nc1ccc(F)c(Cl)c1)CC2)C1(c2ncc(C(=O)O)cn2)CC1. The smallest absolute Gasteiger partial charge is 0.338 e. The molecular weight excluding hydrogens is 493 g/mol. The molecule has 1 saturated carbocycles. The van der Waals surface area contributed by atoms with Gasteiger partial charge in [-0.3, -0.25) is 9.89 Å². The number of aromatic amines is 1. The highest BCUT2D eigenvalue weighted by Crippen LogP contribution is 2.49. The van der Waals surface area contributed by atoms with Crippen LogP contribution in [0.4, 0.5) is 14.9 Å². The molecule has 2 aromatic heterocycles. The molecule has 3 heterocycles. The number of hydrogen-bond donors (Lipinski definition) is 3. The van der Waals surface area contributed by atoms with Gasteiger partial charge in [-0.2, -0.15) is 5.10 Å². The van der Waals surface area contributed by atoms with Crippen molar-refractivity contribution in [3.05, 3.63) is 69.8 Å². The van der Waals surface area contributed by atoms with Crippen molar-refractivity contribution in [3.8, 4) is 0 Å². The summed E-state index contributed by atoms with van der Waals surface area (Å²) in [6.07, 6.45) is 4.18. The maximum Gasteiger partial charge on any atom is 0.338 e. The van der Waals surface area contributed by atoms with Crippen molar-refractivity contribution in [2.24, 2.45) is 0 Å². The highest BCUT2D eigenvalue weighted by molar-refractivity contribution is 6.31. The molecule has 11 nitrogen and oxygen atoms in total. The molecule has 0 spiro atoms. The number of aromatic carboxylic acids is 1. The zero-order valence-corrected chi connectivity index (χ0v) is 19.8. The second-order valence-corrected chi connectivity index (χ2v) is 9.16. The maximum atomic E-state index is 13.5. The van der Waals surface area contributed by atoms with Crippen LogP contribution in [0, 0.1) is 5.82 Å². The lowest BCUT2D eigenvalue weighted by Gasteiger charge is -2.29. The number of nitrogens with one attached hydrogen (secondary N) is 2. The Morgan fingerprint density at radius 3 is 2.61 bits per heavy atom. The van der Waals surface area contributed by atoms with E-state index in [0.717, 1.165) is 5.69 Å². The lowest BCUT2D eigenvalue weighted by molar-refractivity contribution is 0.0675. The van der Waals surface area contributed by atoms with Gasteiger partial charge >= 0.3 is 12.0 Å². The monoisotopic (exact) mass is 513 g/mol. The number of amides is 3. The zero-order valence-electron chi connectivity index (χ0n) is 19.1. The zero-order chi connectivity index (χ0) is 25.6. The molecule has 1 aromatic carbocycles. The maximum absolute atomic E-state index is 13.5. The topological polar surface area (TPSA) is 144 Å². The normalized spacial score (nSPS) is 15.7. The molecule has 1 fully saturated rings. The molecule has 186 valence electrons. The van der Waals surface area contributed by atoms with Crippen LogP contribution in [-0.2, 0) is 18.5 Å². The minimum absolute atomic E-state index is 0.0359. The Hall–Kier alpha value is -4.06. The van der Waals surface area contributed by atoms with Crippen LogP contribution in [0.2, 0.25) is 5.02 Å². The molecule has 1 aliphatic heterocycles. The number of urea groups is 1.